The predicted octanol–water partition coefficient (Wildman–Crippen LogP) is 1.14. The number of nitrogens with one attached hydrogen (secondary N) is 1. The first-order chi connectivity index (χ1) is 9.54. The molecule has 2 aromatic rings. The second-order valence-corrected chi connectivity index (χ2v) is 5.46. The third kappa shape index (κ3) is 3.03. The lowest BCUT2D eigenvalue weighted by molar-refractivity contribution is 0.365. The molecule has 0 radical (unpaired) electrons. The van der Waals surface area contributed by atoms with Crippen LogP contribution in [0.2, 0.25) is 5.02 Å². The number of rotatable bonds is 6. The summed E-state index contributed by atoms with van der Waals surface area (Å²) in [6.07, 6.45) is 5.34. The lowest BCUT2D eigenvalue weighted by Crippen LogP contribution is -2.26. The number of hydrogen-bond donors (Lipinski definition) is 1. The van der Waals surface area contributed by atoms with Gasteiger partial charge in [0.25, 0.3) is 0 Å². The molecule has 110 valence electrons. The first kappa shape index (κ1) is 15.0. The number of likely N-dealkylation sites (N-methyl/N-ethyl adjacent to an activating group) is 1. The van der Waals surface area contributed by atoms with Crippen molar-refractivity contribution < 1.29 is 0 Å². The van der Waals surface area contributed by atoms with E-state index < -0.39 is 0 Å². The Hall–Kier alpha value is -1.37. The highest BCUT2D eigenvalue weighted by atomic mass is 35.5. The molecule has 0 saturated heterocycles. The zero-order valence-corrected chi connectivity index (χ0v) is 13.1. The van der Waals surface area contributed by atoms with Crippen molar-refractivity contribution in [2.75, 3.05) is 27.7 Å². The molecule has 20 heavy (non-hydrogen) atoms. The van der Waals surface area contributed by atoms with E-state index in [1.54, 1.807) is 12.5 Å². The van der Waals surface area contributed by atoms with E-state index in [0.717, 1.165) is 24.5 Å². The Bertz CT molecular complexity index is 559. The number of hydrogen-bond acceptors (Lipinski definition) is 4. The van der Waals surface area contributed by atoms with E-state index in [1.807, 2.05) is 43.6 Å². The monoisotopic (exact) mass is 296 g/mol. The minimum atomic E-state index is -0.0281. The number of imidazole rings is 1. The Kier molecular flexibility index (Phi) is 4.80. The Morgan fingerprint density at radius 3 is 2.70 bits per heavy atom. The number of nitrogens with zero attached hydrogens (tertiary/aromatic N) is 5. The van der Waals surface area contributed by atoms with Crippen LogP contribution in [-0.4, -0.2) is 51.9 Å². The maximum Gasteiger partial charge on any atom is 0.0946 e. The Morgan fingerprint density at radius 2 is 2.15 bits per heavy atom. The van der Waals surface area contributed by atoms with E-state index in [4.69, 9.17) is 11.6 Å². The molecule has 0 bridgehead atoms. The van der Waals surface area contributed by atoms with Gasteiger partial charge in [-0.1, -0.05) is 11.6 Å². The fourth-order valence-electron chi connectivity index (χ4n) is 2.20. The van der Waals surface area contributed by atoms with Crippen LogP contribution in [0, 0.1) is 0 Å². The molecular weight excluding hydrogens is 276 g/mol. The van der Waals surface area contributed by atoms with Gasteiger partial charge in [0.1, 0.15) is 0 Å². The second-order valence-electron chi connectivity index (χ2n) is 5.06. The minimum Gasteiger partial charge on any atom is -0.336 e. The van der Waals surface area contributed by atoms with E-state index in [9.17, 15) is 0 Å². The summed E-state index contributed by atoms with van der Waals surface area (Å²) in [5.74, 6) is 0. The summed E-state index contributed by atoms with van der Waals surface area (Å²) in [6.45, 7) is 1.71. The molecule has 0 aliphatic rings. The minimum absolute atomic E-state index is 0.0281. The van der Waals surface area contributed by atoms with Crippen LogP contribution in [0.4, 0.5) is 0 Å². The standard InChI is InChI=1S/C13H21ClN6/c1-15-12(11-8-16-9-19(11)4)13-10(14)7-17-20(13)6-5-18(2)3/h7-9,12,15H,5-6H2,1-4H3. The molecule has 0 aliphatic heterocycles. The maximum atomic E-state index is 6.34. The molecule has 2 rings (SSSR count). The van der Waals surface area contributed by atoms with Crippen LogP contribution >= 0.6 is 11.6 Å². The van der Waals surface area contributed by atoms with Crippen molar-refractivity contribution in [3.63, 3.8) is 0 Å². The van der Waals surface area contributed by atoms with Crippen LogP contribution in [0.1, 0.15) is 17.4 Å². The second kappa shape index (κ2) is 6.39. The Morgan fingerprint density at radius 1 is 1.40 bits per heavy atom. The predicted molar refractivity (Wildman–Crippen MR) is 79.9 cm³/mol. The van der Waals surface area contributed by atoms with Gasteiger partial charge in [-0.05, 0) is 21.1 Å². The lowest BCUT2D eigenvalue weighted by atomic mass is 10.1. The summed E-state index contributed by atoms with van der Waals surface area (Å²) in [4.78, 5) is 6.30. The van der Waals surface area contributed by atoms with Gasteiger partial charge in [0.05, 0.1) is 47.7 Å². The van der Waals surface area contributed by atoms with Gasteiger partial charge < -0.3 is 14.8 Å². The first-order valence-electron chi connectivity index (χ1n) is 6.54. The average Bonchev–Trinajstić information content (AvgIpc) is 2.97. The summed E-state index contributed by atoms with van der Waals surface area (Å²) in [5, 5.41) is 8.35. The fourth-order valence-corrected chi connectivity index (χ4v) is 2.45. The summed E-state index contributed by atoms with van der Waals surface area (Å²) in [5.41, 5.74) is 2.03. The van der Waals surface area contributed by atoms with Crippen molar-refractivity contribution in [2.24, 2.45) is 7.05 Å². The van der Waals surface area contributed by atoms with Gasteiger partial charge in [0.2, 0.25) is 0 Å². The largest absolute Gasteiger partial charge is 0.336 e. The zero-order chi connectivity index (χ0) is 14.7. The topological polar surface area (TPSA) is 50.9 Å². The van der Waals surface area contributed by atoms with E-state index in [-0.39, 0.29) is 6.04 Å². The van der Waals surface area contributed by atoms with Crippen molar-refractivity contribution in [2.45, 2.75) is 12.6 Å². The summed E-state index contributed by atoms with van der Waals surface area (Å²) < 4.78 is 3.94. The van der Waals surface area contributed by atoms with E-state index in [2.05, 4.69) is 20.3 Å². The van der Waals surface area contributed by atoms with Crippen LogP contribution in [0.3, 0.4) is 0 Å². The normalized spacial score (nSPS) is 13.1. The van der Waals surface area contributed by atoms with Crippen LogP contribution in [0.25, 0.3) is 0 Å². The number of aromatic nitrogens is 4. The summed E-state index contributed by atoms with van der Waals surface area (Å²) in [7, 11) is 7.97. The lowest BCUT2D eigenvalue weighted by Gasteiger charge is -2.20. The van der Waals surface area contributed by atoms with Gasteiger partial charge in [-0.15, -0.1) is 0 Å². The number of aryl methyl sites for hydroxylation is 1. The van der Waals surface area contributed by atoms with Crippen molar-refractivity contribution in [1.82, 2.24) is 29.5 Å². The average molecular weight is 297 g/mol. The van der Waals surface area contributed by atoms with Gasteiger partial charge in [0, 0.05) is 13.6 Å². The molecule has 0 fully saturated rings. The van der Waals surface area contributed by atoms with Gasteiger partial charge in [-0.25, -0.2) is 4.98 Å². The molecule has 1 atom stereocenters. The Balaban J connectivity index is 2.34. The highest BCUT2D eigenvalue weighted by Crippen LogP contribution is 2.27. The van der Waals surface area contributed by atoms with E-state index >= 15 is 0 Å². The molecule has 0 spiro atoms. The third-order valence-corrected chi connectivity index (χ3v) is 3.60. The first-order valence-corrected chi connectivity index (χ1v) is 6.91. The third-order valence-electron chi connectivity index (χ3n) is 3.30. The van der Waals surface area contributed by atoms with Gasteiger partial charge in [0.15, 0.2) is 0 Å². The van der Waals surface area contributed by atoms with E-state index in [0.29, 0.717) is 5.02 Å². The van der Waals surface area contributed by atoms with Crippen LogP contribution < -0.4 is 5.32 Å². The van der Waals surface area contributed by atoms with Gasteiger partial charge in [-0.3, -0.25) is 4.68 Å². The van der Waals surface area contributed by atoms with Gasteiger partial charge >= 0.3 is 0 Å². The molecule has 2 heterocycles. The molecule has 0 amide bonds. The molecule has 6 nitrogen and oxygen atoms in total. The quantitative estimate of drug-likeness (QED) is 0.868. The molecule has 7 heteroatoms. The fraction of sp³-hybridized carbons (Fsp3) is 0.538. The van der Waals surface area contributed by atoms with Crippen molar-refractivity contribution in [3.8, 4) is 0 Å². The Labute approximate surface area is 124 Å². The van der Waals surface area contributed by atoms with Crippen molar-refractivity contribution in [1.29, 1.82) is 0 Å². The SMILES string of the molecule is CNC(c1cncn1C)c1c(Cl)cnn1CCN(C)C. The van der Waals surface area contributed by atoms with Crippen molar-refractivity contribution in [3.05, 3.63) is 35.1 Å². The molecule has 0 saturated carbocycles. The van der Waals surface area contributed by atoms with Crippen LogP contribution in [-0.2, 0) is 13.6 Å². The maximum absolute atomic E-state index is 6.34. The number of halogens is 1. The van der Waals surface area contributed by atoms with Gasteiger partial charge in [-0.2, -0.15) is 5.10 Å². The molecule has 0 aliphatic carbocycles. The van der Waals surface area contributed by atoms with Crippen molar-refractivity contribution >= 4 is 11.6 Å². The van der Waals surface area contributed by atoms with E-state index in [1.165, 1.54) is 0 Å². The summed E-state index contributed by atoms with van der Waals surface area (Å²) in [6, 6.07) is -0.0281. The molecule has 0 aromatic carbocycles. The van der Waals surface area contributed by atoms with Crippen LogP contribution in [0.5, 0.6) is 0 Å². The molecule has 2 aromatic heterocycles. The summed E-state index contributed by atoms with van der Waals surface area (Å²) >= 11 is 6.34. The highest BCUT2D eigenvalue weighted by molar-refractivity contribution is 6.31. The molecule has 1 N–H and O–H groups in total. The smallest absolute Gasteiger partial charge is 0.0946 e. The van der Waals surface area contributed by atoms with Crippen LogP contribution in [0.15, 0.2) is 18.7 Å². The molecular formula is C13H21ClN6. The zero-order valence-electron chi connectivity index (χ0n) is 12.3. The highest BCUT2D eigenvalue weighted by Gasteiger charge is 2.23. The molecule has 1 unspecified atom stereocenters.